The standard InChI is InChI=1S/C24H30N4O3/c1-16(2)22(17-5-7-20(30-4)8-6-17)27(3)24(29)18-13-21-23(25-14-18)28(15-26-21)19-9-11-31-12-10-19/h5-8,13-16,19,22H,9-12H2,1-4H3. The molecule has 0 aliphatic carbocycles. The van der Waals surface area contributed by atoms with E-state index in [4.69, 9.17) is 9.47 Å². The summed E-state index contributed by atoms with van der Waals surface area (Å²) >= 11 is 0. The van der Waals surface area contributed by atoms with Gasteiger partial charge in [-0.2, -0.15) is 0 Å². The van der Waals surface area contributed by atoms with E-state index in [9.17, 15) is 4.79 Å². The number of carbonyl (C=O) groups is 1. The Morgan fingerprint density at radius 1 is 1.19 bits per heavy atom. The van der Waals surface area contributed by atoms with Gasteiger partial charge in [-0.1, -0.05) is 26.0 Å². The smallest absolute Gasteiger partial charge is 0.255 e. The Kier molecular flexibility index (Phi) is 6.23. The van der Waals surface area contributed by atoms with E-state index in [0.717, 1.165) is 48.5 Å². The highest BCUT2D eigenvalue weighted by Crippen LogP contribution is 2.31. The third-order valence-electron chi connectivity index (χ3n) is 6.07. The quantitative estimate of drug-likeness (QED) is 0.594. The number of methoxy groups -OCH3 is 1. The van der Waals surface area contributed by atoms with Gasteiger partial charge in [0.1, 0.15) is 11.3 Å². The van der Waals surface area contributed by atoms with Crippen molar-refractivity contribution in [2.75, 3.05) is 27.4 Å². The number of hydrogen-bond donors (Lipinski definition) is 0. The molecule has 1 saturated heterocycles. The minimum Gasteiger partial charge on any atom is -0.497 e. The molecule has 1 aliphatic rings. The van der Waals surface area contributed by atoms with E-state index in [1.165, 1.54) is 0 Å². The van der Waals surface area contributed by atoms with Crippen LogP contribution in [0.4, 0.5) is 0 Å². The van der Waals surface area contributed by atoms with E-state index in [2.05, 4.69) is 28.4 Å². The number of fused-ring (bicyclic) bond motifs is 1. The number of aromatic nitrogens is 3. The van der Waals surface area contributed by atoms with Crippen LogP contribution in [-0.2, 0) is 4.74 Å². The summed E-state index contributed by atoms with van der Waals surface area (Å²) in [6, 6.07) is 10.0. The SMILES string of the molecule is COc1ccc(C(C(C)C)N(C)C(=O)c2cnc3c(c2)ncn3C2CCOCC2)cc1. The van der Waals surface area contributed by atoms with Crippen LogP contribution in [0.2, 0.25) is 0 Å². The molecule has 3 aromatic rings. The number of nitrogens with zero attached hydrogens (tertiary/aromatic N) is 4. The van der Waals surface area contributed by atoms with Crippen molar-refractivity contribution in [3.8, 4) is 5.75 Å². The van der Waals surface area contributed by atoms with Crippen molar-refractivity contribution in [2.24, 2.45) is 5.92 Å². The summed E-state index contributed by atoms with van der Waals surface area (Å²) in [6.45, 7) is 5.76. The summed E-state index contributed by atoms with van der Waals surface area (Å²) in [4.78, 5) is 24.3. The number of hydrogen-bond acceptors (Lipinski definition) is 5. The molecular formula is C24H30N4O3. The van der Waals surface area contributed by atoms with Gasteiger partial charge in [-0.05, 0) is 42.5 Å². The van der Waals surface area contributed by atoms with Crippen LogP contribution in [0, 0.1) is 5.92 Å². The lowest BCUT2D eigenvalue weighted by molar-refractivity contribution is 0.0687. The molecule has 1 aliphatic heterocycles. The molecule has 0 bridgehead atoms. The molecule has 0 saturated carbocycles. The summed E-state index contributed by atoms with van der Waals surface area (Å²) in [5.74, 6) is 0.978. The zero-order valence-corrected chi connectivity index (χ0v) is 18.6. The Balaban J connectivity index is 1.59. The third-order valence-corrected chi connectivity index (χ3v) is 6.07. The minimum absolute atomic E-state index is 0.0612. The molecule has 2 aromatic heterocycles. The highest BCUT2D eigenvalue weighted by atomic mass is 16.5. The van der Waals surface area contributed by atoms with Crippen LogP contribution < -0.4 is 4.74 Å². The third kappa shape index (κ3) is 4.28. The van der Waals surface area contributed by atoms with Gasteiger partial charge < -0.3 is 18.9 Å². The Bertz CT molecular complexity index is 1040. The van der Waals surface area contributed by atoms with E-state index in [1.807, 2.05) is 43.7 Å². The van der Waals surface area contributed by atoms with E-state index < -0.39 is 0 Å². The maximum atomic E-state index is 13.3. The molecule has 1 atom stereocenters. The summed E-state index contributed by atoms with van der Waals surface area (Å²) < 4.78 is 12.9. The molecule has 7 heteroatoms. The van der Waals surface area contributed by atoms with Gasteiger partial charge in [-0.25, -0.2) is 9.97 Å². The molecule has 1 amide bonds. The average molecular weight is 423 g/mol. The molecule has 3 heterocycles. The summed E-state index contributed by atoms with van der Waals surface area (Å²) in [6.07, 6.45) is 5.41. The normalized spacial score (nSPS) is 15.9. The van der Waals surface area contributed by atoms with Gasteiger partial charge in [-0.15, -0.1) is 0 Å². The number of ether oxygens (including phenoxy) is 2. The van der Waals surface area contributed by atoms with Crippen molar-refractivity contribution in [2.45, 2.75) is 38.8 Å². The Labute approximate surface area is 183 Å². The molecule has 0 spiro atoms. The van der Waals surface area contributed by atoms with Crippen LogP contribution in [0.1, 0.15) is 54.7 Å². The molecular weight excluding hydrogens is 392 g/mol. The van der Waals surface area contributed by atoms with Crippen molar-refractivity contribution >= 4 is 17.1 Å². The number of benzene rings is 1. The number of carbonyl (C=O) groups excluding carboxylic acids is 1. The molecule has 0 radical (unpaired) electrons. The monoisotopic (exact) mass is 422 g/mol. The molecule has 1 aromatic carbocycles. The average Bonchev–Trinajstić information content (AvgIpc) is 3.22. The van der Waals surface area contributed by atoms with E-state index in [1.54, 1.807) is 18.2 Å². The van der Waals surface area contributed by atoms with Crippen molar-refractivity contribution in [1.82, 2.24) is 19.4 Å². The first-order valence-electron chi connectivity index (χ1n) is 10.8. The predicted molar refractivity (Wildman–Crippen MR) is 119 cm³/mol. The maximum absolute atomic E-state index is 13.3. The summed E-state index contributed by atoms with van der Waals surface area (Å²) in [7, 11) is 3.50. The molecule has 164 valence electrons. The lowest BCUT2D eigenvalue weighted by Crippen LogP contribution is -2.34. The van der Waals surface area contributed by atoms with Crippen LogP contribution in [0.15, 0.2) is 42.9 Å². The lowest BCUT2D eigenvalue weighted by Gasteiger charge is -2.32. The predicted octanol–water partition coefficient (Wildman–Crippen LogP) is 4.26. The van der Waals surface area contributed by atoms with Gasteiger partial charge in [-0.3, -0.25) is 4.79 Å². The highest BCUT2D eigenvalue weighted by molar-refractivity contribution is 5.96. The van der Waals surface area contributed by atoms with E-state index in [-0.39, 0.29) is 17.9 Å². The van der Waals surface area contributed by atoms with Crippen molar-refractivity contribution in [3.05, 3.63) is 54.0 Å². The van der Waals surface area contributed by atoms with E-state index >= 15 is 0 Å². The Hall–Kier alpha value is -2.93. The van der Waals surface area contributed by atoms with Crippen LogP contribution in [0.25, 0.3) is 11.2 Å². The first-order valence-corrected chi connectivity index (χ1v) is 10.8. The zero-order chi connectivity index (χ0) is 22.0. The fraction of sp³-hybridized carbons (Fsp3) is 0.458. The first kappa shape index (κ1) is 21.3. The van der Waals surface area contributed by atoms with Crippen LogP contribution in [0.3, 0.4) is 0 Å². The van der Waals surface area contributed by atoms with Crippen molar-refractivity contribution in [1.29, 1.82) is 0 Å². The van der Waals surface area contributed by atoms with Gasteiger partial charge in [0.25, 0.3) is 5.91 Å². The summed E-state index contributed by atoms with van der Waals surface area (Å²) in [5, 5.41) is 0. The molecule has 7 nitrogen and oxygen atoms in total. The number of imidazole rings is 1. The summed E-state index contributed by atoms with van der Waals surface area (Å²) in [5.41, 5.74) is 3.19. The first-order chi connectivity index (χ1) is 15.0. The van der Waals surface area contributed by atoms with Gasteiger partial charge in [0.15, 0.2) is 5.65 Å². The van der Waals surface area contributed by atoms with Crippen LogP contribution in [-0.4, -0.2) is 52.7 Å². The number of rotatable bonds is 6. The Morgan fingerprint density at radius 3 is 2.55 bits per heavy atom. The lowest BCUT2D eigenvalue weighted by atomic mass is 9.94. The molecule has 1 fully saturated rings. The largest absolute Gasteiger partial charge is 0.497 e. The van der Waals surface area contributed by atoms with Gasteiger partial charge >= 0.3 is 0 Å². The van der Waals surface area contributed by atoms with Crippen molar-refractivity contribution < 1.29 is 14.3 Å². The van der Waals surface area contributed by atoms with Crippen LogP contribution >= 0.6 is 0 Å². The second-order valence-electron chi connectivity index (χ2n) is 8.44. The second-order valence-corrected chi connectivity index (χ2v) is 8.44. The maximum Gasteiger partial charge on any atom is 0.255 e. The Morgan fingerprint density at radius 2 is 1.90 bits per heavy atom. The van der Waals surface area contributed by atoms with Gasteiger partial charge in [0.2, 0.25) is 0 Å². The number of pyridine rings is 1. The molecule has 0 N–H and O–H groups in total. The zero-order valence-electron chi connectivity index (χ0n) is 18.6. The molecule has 4 rings (SSSR count). The van der Waals surface area contributed by atoms with Crippen LogP contribution in [0.5, 0.6) is 5.75 Å². The van der Waals surface area contributed by atoms with E-state index in [0.29, 0.717) is 11.6 Å². The minimum atomic E-state index is -0.0652. The fourth-order valence-electron chi connectivity index (χ4n) is 4.45. The topological polar surface area (TPSA) is 69.5 Å². The highest BCUT2D eigenvalue weighted by Gasteiger charge is 2.27. The second kappa shape index (κ2) is 9.06. The molecule has 31 heavy (non-hydrogen) atoms. The number of amides is 1. The molecule has 1 unspecified atom stereocenters. The van der Waals surface area contributed by atoms with Gasteiger partial charge in [0, 0.05) is 32.5 Å². The van der Waals surface area contributed by atoms with Gasteiger partial charge in [0.05, 0.1) is 25.0 Å². The fourth-order valence-corrected chi connectivity index (χ4v) is 4.45. The van der Waals surface area contributed by atoms with Crippen molar-refractivity contribution in [3.63, 3.8) is 0 Å².